The molecule has 0 aliphatic carbocycles. The first-order valence-corrected chi connectivity index (χ1v) is 0. The van der Waals surface area contributed by atoms with Crippen LogP contribution < -0.4 is 0 Å². The maximum absolute atomic E-state index is 0. The predicted molar refractivity (Wildman–Crippen MR) is 20.3 cm³/mol. The molecule has 0 aromatic heterocycles. The minimum Gasteiger partial charge on any atom is 0 e. The molecule has 0 atom stereocenters. The largest absolute Gasteiger partial charge is 0 e. The standard InChI is InChI=1S/Bi.Cd.H2S.Zn.3H/h;;1H2;;;;. The van der Waals surface area contributed by atoms with Crippen LogP contribution in [-0.4, -0.2) is 26.2 Å². The second-order valence-electron chi connectivity index (χ2n) is 0. The first-order chi connectivity index (χ1) is 0. The first-order valence-electron chi connectivity index (χ1n) is 0. The van der Waals surface area contributed by atoms with Crippen molar-refractivity contribution in [2.24, 2.45) is 0 Å². The van der Waals surface area contributed by atoms with E-state index in [4.69, 9.17) is 0 Å². The molecule has 0 nitrogen and oxygen atoms in total. The van der Waals surface area contributed by atoms with Crippen molar-refractivity contribution < 1.29 is 46.8 Å². The smallest absolute Gasteiger partial charge is 0 e. The first kappa shape index (κ1) is 29.3. The number of rotatable bonds is 0. The Hall–Kier alpha value is 2.78. The summed E-state index contributed by atoms with van der Waals surface area (Å²) in [7, 11) is 0. The molecular weight excluding hydrogens is 419 g/mol. The maximum Gasteiger partial charge on any atom is 0 e. The summed E-state index contributed by atoms with van der Waals surface area (Å²) in [5.41, 5.74) is 0. The van der Waals surface area contributed by atoms with Gasteiger partial charge in [0.1, 0.15) is 0 Å². The minimum absolute atomic E-state index is 0. The van der Waals surface area contributed by atoms with Crippen LogP contribution in [-0.2, 0) is 46.8 Å². The van der Waals surface area contributed by atoms with Crippen LogP contribution in [0.5, 0.6) is 0 Å². The van der Waals surface area contributed by atoms with E-state index in [1.165, 1.54) is 0 Å². The van der Waals surface area contributed by atoms with Crippen LogP contribution in [0.1, 0.15) is 0 Å². The van der Waals surface area contributed by atoms with Crippen LogP contribution in [0, 0.1) is 0 Å². The van der Waals surface area contributed by atoms with Gasteiger partial charge in [0, 0.05) is 46.8 Å². The summed E-state index contributed by atoms with van der Waals surface area (Å²) < 4.78 is 0. The van der Waals surface area contributed by atoms with Crippen molar-refractivity contribution in [3.8, 4) is 0 Å². The fourth-order valence-electron chi connectivity index (χ4n) is 0. The van der Waals surface area contributed by atoms with E-state index in [0.29, 0.717) is 0 Å². The molecule has 0 aromatic rings. The second kappa shape index (κ2) is 17.1. The van der Waals surface area contributed by atoms with E-state index in [2.05, 4.69) is 0 Å². The molecule has 0 saturated carbocycles. The van der Waals surface area contributed by atoms with Gasteiger partial charge in [0.05, 0.1) is 0 Å². The molecule has 0 unspecified atom stereocenters. The third kappa shape index (κ3) is 8.84. The molecule has 0 rings (SSSR count). The van der Waals surface area contributed by atoms with E-state index < -0.39 is 0 Å². The van der Waals surface area contributed by atoms with Crippen molar-refractivity contribution in [2.45, 2.75) is 0 Å². The molecule has 0 fully saturated rings. The van der Waals surface area contributed by atoms with Crippen LogP contribution in [0.3, 0.4) is 0 Å². The normalized spacial score (nSPS) is 0. The van der Waals surface area contributed by atoms with Gasteiger partial charge < -0.3 is 0 Å². The zero-order valence-corrected chi connectivity index (χ0v) is 16.1. The Morgan fingerprint density at radius 1 is 1.00 bits per heavy atom. The minimum atomic E-state index is 0. The molecule has 0 radical (unpaired) electrons. The van der Waals surface area contributed by atoms with E-state index in [-0.39, 0.29) is 86.5 Å². The van der Waals surface area contributed by atoms with Crippen molar-refractivity contribution in [1.82, 2.24) is 0 Å². The zero-order valence-electron chi connectivity index (χ0n) is 2.62. The molecule has 4 heteroatoms. The van der Waals surface area contributed by atoms with Crippen molar-refractivity contribution in [3.63, 3.8) is 0 Å². The van der Waals surface area contributed by atoms with Gasteiger partial charge in [-0.2, -0.15) is 13.5 Å². The molecule has 0 heterocycles. The van der Waals surface area contributed by atoms with Crippen LogP contribution >= 0.6 is 13.5 Å². The molecule has 0 spiro atoms. The van der Waals surface area contributed by atoms with Gasteiger partial charge in [-0.25, -0.2) is 0 Å². The average Bonchev–Trinajstić information content (AvgIpc) is 0. The van der Waals surface area contributed by atoms with Crippen molar-refractivity contribution in [3.05, 3.63) is 0 Å². The van der Waals surface area contributed by atoms with Crippen molar-refractivity contribution >= 4 is 39.7 Å². The number of hydrogen-bond donors (Lipinski definition) is 0. The zero-order chi connectivity index (χ0) is 0. The van der Waals surface area contributed by atoms with Crippen LogP contribution in [0.25, 0.3) is 0 Å². The Balaban J connectivity index is 0. The maximum atomic E-state index is 0. The van der Waals surface area contributed by atoms with Crippen molar-refractivity contribution in [2.75, 3.05) is 0 Å². The SMILES string of the molecule is S.[BiH3].[Cd].[Zn]. The topological polar surface area (TPSA) is 0 Å². The van der Waals surface area contributed by atoms with Gasteiger partial charge in [-0.1, -0.05) is 0 Å². The van der Waals surface area contributed by atoms with Gasteiger partial charge in [-0.15, -0.1) is 0 Å². The molecule has 4 heavy (non-hydrogen) atoms. The predicted octanol–water partition coefficient (Wildman–Crippen LogP) is -1.08. The van der Waals surface area contributed by atoms with Gasteiger partial charge >= 0.3 is 26.2 Å². The summed E-state index contributed by atoms with van der Waals surface area (Å²) in [6.45, 7) is 0. The summed E-state index contributed by atoms with van der Waals surface area (Å²) >= 11 is 0. The third-order valence-electron chi connectivity index (χ3n) is 0. The molecule has 0 N–H and O–H groups in total. The molecule has 0 aromatic carbocycles. The van der Waals surface area contributed by atoms with Gasteiger partial charge in [0.25, 0.3) is 0 Å². The second-order valence-corrected chi connectivity index (χ2v) is 0. The van der Waals surface area contributed by atoms with E-state index in [9.17, 15) is 0 Å². The molecule has 0 aliphatic heterocycles. The third-order valence-corrected chi connectivity index (χ3v) is 0. The fourth-order valence-corrected chi connectivity index (χ4v) is 0. The van der Waals surface area contributed by atoms with E-state index in [0.717, 1.165) is 0 Å². The summed E-state index contributed by atoms with van der Waals surface area (Å²) in [6, 6.07) is 0. The molecule has 0 amide bonds. The Kier molecular flexibility index (Phi) is 125. The Morgan fingerprint density at radius 3 is 1.00 bits per heavy atom. The summed E-state index contributed by atoms with van der Waals surface area (Å²) in [6.07, 6.45) is 0. The average molecular weight is 424 g/mol. The summed E-state index contributed by atoms with van der Waals surface area (Å²) in [5, 5.41) is 0. The van der Waals surface area contributed by atoms with Gasteiger partial charge in [0.15, 0.2) is 0 Å². The molecule has 0 bridgehead atoms. The quantitative estimate of drug-likeness (QED) is 0.435. The number of hydrogen-bond acceptors (Lipinski definition) is 0. The monoisotopic (exact) mass is 424 g/mol. The van der Waals surface area contributed by atoms with Gasteiger partial charge in [-0.3, -0.25) is 0 Å². The van der Waals surface area contributed by atoms with E-state index in [1.807, 2.05) is 0 Å². The molecule has 0 aliphatic rings. The van der Waals surface area contributed by atoms with Crippen LogP contribution in [0.15, 0.2) is 0 Å². The van der Waals surface area contributed by atoms with Gasteiger partial charge in [0.2, 0.25) is 0 Å². The fraction of sp³-hybridized carbons (Fsp3) is 0. The molecule has 20 valence electrons. The van der Waals surface area contributed by atoms with Crippen molar-refractivity contribution in [1.29, 1.82) is 0 Å². The molecule has 0 saturated heterocycles. The van der Waals surface area contributed by atoms with Crippen LogP contribution in [0.4, 0.5) is 0 Å². The van der Waals surface area contributed by atoms with E-state index >= 15 is 0 Å². The molecular formula is H5BiCdSZn. The summed E-state index contributed by atoms with van der Waals surface area (Å²) in [4.78, 5) is 0. The van der Waals surface area contributed by atoms with E-state index in [1.54, 1.807) is 0 Å². The van der Waals surface area contributed by atoms with Crippen LogP contribution in [0.2, 0.25) is 0 Å². The Labute approximate surface area is 85.0 Å². The Bertz CT molecular complexity index is 8.00. The van der Waals surface area contributed by atoms with Gasteiger partial charge in [-0.05, 0) is 0 Å². The summed E-state index contributed by atoms with van der Waals surface area (Å²) in [5.74, 6) is 0. The Morgan fingerprint density at radius 2 is 1.00 bits per heavy atom.